The summed E-state index contributed by atoms with van der Waals surface area (Å²) in [6.07, 6.45) is 3.99. The molecule has 5 heteroatoms. The van der Waals surface area contributed by atoms with Gasteiger partial charge in [-0.3, -0.25) is 4.79 Å². The molecular formula is C16H18N2O3. The van der Waals surface area contributed by atoms with E-state index < -0.39 is 5.97 Å². The molecule has 1 aliphatic rings. The summed E-state index contributed by atoms with van der Waals surface area (Å²) in [6.45, 7) is 3.73. The van der Waals surface area contributed by atoms with Gasteiger partial charge in [0.2, 0.25) is 5.78 Å². The Balaban J connectivity index is 1.68. The molecule has 21 heavy (non-hydrogen) atoms. The number of carbonyl (C=O) groups is 2. The van der Waals surface area contributed by atoms with E-state index in [4.69, 9.17) is 4.74 Å². The molecule has 2 aromatic rings. The molecule has 0 amide bonds. The number of Topliss-reactive ketones (excluding diaryl/α,β-unsaturated/α-hetero) is 1. The van der Waals surface area contributed by atoms with Crippen LogP contribution in [0.15, 0.2) is 24.4 Å². The Labute approximate surface area is 122 Å². The van der Waals surface area contributed by atoms with E-state index in [1.807, 2.05) is 19.9 Å². The van der Waals surface area contributed by atoms with E-state index in [1.165, 1.54) is 12.8 Å². The van der Waals surface area contributed by atoms with Gasteiger partial charge in [0.1, 0.15) is 5.69 Å². The monoisotopic (exact) mass is 286 g/mol. The molecule has 0 radical (unpaired) electrons. The maximum Gasteiger partial charge on any atom is 0.355 e. The number of aryl methyl sites for hydroxylation is 1. The molecule has 3 rings (SSSR count). The largest absolute Gasteiger partial charge is 0.453 e. The summed E-state index contributed by atoms with van der Waals surface area (Å²) in [5.74, 6) is -0.667. The van der Waals surface area contributed by atoms with Crippen LogP contribution in [0.4, 0.5) is 0 Å². The van der Waals surface area contributed by atoms with Gasteiger partial charge in [0, 0.05) is 29.2 Å². The minimum absolute atomic E-state index is 0.157. The minimum Gasteiger partial charge on any atom is -0.453 e. The summed E-state index contributed by atoms with van der Waals surface area (Å²) in [6, 6.07) is 5.75. The molecule has 0 bridgehead atoms. The molecule has 1 N–H and O–H groups in total. The van der Waals surface area contributed by atoms with Crippen molar-refractivity contribution in [3.05, 3.63) is 47.0 Å². The highest BCUT2D eigenvalue weighted by Crippen LogP contribution is 2.38. The number of ketones is 1. The first kappa shape index (κ1) is 13.7. The van der Waals surface area contributed by atoms with Crippen LogP contribution in [-0.2, 0) is 4.74 Å². The number of H-pyrrole nitrogens is 1. The predicted molar refractivity (Wildman–Crippen MR) is 77.6 cm³/mol. The fourth-order valence-corrected chi connectivity index (χ4v) is 2.70. The van der Waals surface area contributed by atoms with Gasteiger partial charge in [0.25, 0.3) is 0 Å². The van der Waals surface area contributed by atoms with Crippen molar-refractivity contribution in [2.75, 3.05) is 6.61 Å². The zero-order chi connectivity index (χ0) is 15.0. The Kier molecular flexibility index (Phi) is 3.41. The molecule has 110 valence electrons. The average Bonchev–Trinajstić information content (AvgIpc) is 3.03. The predicted octanol–water partition coefficient (Wildman–Crippen LogP) is 2.81. The lowest BCUT2D eigenvalue weighted by Crippen LogP contribution is -2.15. The second-order valence-electron chi connectivity index (χ2n) is 5.47. The van der Waals surface area contributed by atoms with Gasteiger partial charge in [-0.05, 0) is 44.9 Å². The fourth-order valence-electron chi connectivity index (χ4n) is 2.70. The molecule has 0 aromatic carbocycles. The van der Waals surface area contributed by atoms with Crippen LogP contribution in [0.1, 0.15) is 51.1 Å². The van der Waals surface area contributed by atoms with Crippen LogP contribution in [0.2, 0.25) is 0 Å². The van der Waals surface area contributed by atoms with Crippen LogP contribution in [0.5, 0.6) is 0 Å². The number of carbonyl (C=O) groups excluding carboxylic acids is 2. The van der Waals surface area contributed by atoms with E-state index in [9.17, 15) is 9.59 Å². The highest BCUT2D eigenvalue weighted by atomic mass is 16.5. The molecule has 0 aliphatic heterocycles. The van der Waals surface area contributed by atoms with Crippen LogP contribution in [0, 0.1) is 13.8 Å². The first-order valence-corrected chi connectivity index (χ1v) is 7.10. The number of aromatic amines is 1. The van der Waals surface area contributed by atoms with Crippen molar-refractivity contribution in [2.45, 2.75) is 32.7 Å². The zero-order valence-electron chi connectivity index (χ0n) is 12.2. The third-order valence-electron chi connectivity index (χ3n) is 3.85. The fraction of sp³-hybridized carbons (Fsp3) is 0.375. The Bertz CT molecular complexity index is 679. The highest BCUT2D eigenvalue weighted by Gasteiger charge is 2.28. The molecule has 0 unspecified atom stereocenters. The number of nitrogens with zero attached hydrogens (tertiary/aromatic N) is 1. The maximum absolute atomic E-state index is 12.2. The standard InChI is InChI=1S/C16H18N2O3/c1-10-8-13(11(2)18(10)12-5-6-12)15(19)9-21-16(20)14-4-3-7-17-14/h3-4,7-8,12,17H,5-6,9H2,1-2H3. The Morgan fingerprint density at radius 3 is 2.76 bits per heavy atom. The van der Waals surface area contributed by atoms with Crippen LogP contribution in [0.3, 0.4) is 0 Å². The van der Waals surface area contributed by atoms with Crippen molar-refractivity contribution in [1.82, 2.24) is 9.55 Å². The number of nitrogens with one attached hydrogen (secondary N) is 1. The SMILES string of the molecule is Cc1cc(C(=O)COC(=O)c2ccc[nH]2)c(C)n1C1CC1. The summed E-state index contributed by atoms with van der Waals surface area (Å²) in [5, 5.41) is 0. The van der Waals surface area contributed by atoms with Gasteiger partial charge in [0.15, 0.2) is 6.61 Å². The summed E-state index contributed by atoms with van der Waals surface area (Å²) in [4.78, 5) is 26.7. The van der Waals surface area contributed by atoms with Crippen molar-refractivity contribution < 1.29 is 14.3 Å². The molecule has 2 heterocycles. The Morgan fingerprint density at radius 2 is 2.14 bits per heavy atom. The van der Waals surface area contributed by atoms with Gasteiger partial charge < -0.3 is 14.3 Å². The van der Waals surface area contributed by atoms with Gasteiger partial charge in [-0.25, -0.2) is 4.79 Å². The van der Waals surface area contributed by atoms with Crippen LogP contribution < -0.4 is 0 Å². The average molecular weight is 286 g/mol. The van der Waals surface area contributed by atoms with E-state index in [1.54, 1.807) is 18.3 Å². The van der Waals surface area contributed by atoms with E-state index in [0.29, 0.717) is 17.3 Å². The normalized spacial score (nSPS) is 14.2. The summed E-state index contributed by atoms with van der Waals surface area (Å²) < 4.78 is 7.26. The van der Waals surface area contributed by atoms with E-state index >= 15 is 0 Å². The highest BCUT2D eigenvalue weighted by molar-refractivity contribution is 6.00. The molecule has 1 fully saturated rings. The Morgan fingerprint density at radius 1 is 1.38 bits per heavy atom. The molecule has 5 nitrogen and oxygen atoms in total. The summed E-state index contributed by atoms with van der Waals surface area (Å²) in [5.41, 5.74) is 3.06. The number of aromatic nitrogens is 2. The molecule has 2 aromatic heterocycles. The summed E-state index contributed by atoms with van der Waals surface area (Å²) in [7, 11) is 0. The smallest absolute Gasteiger partial charge is 0.355 e. The van der Waals surface area contributed by atoms with Crippen molar-refractivity contribution in [3.63, 3.8) is 0 Å². The van der Waals surface area contributed by atoms with Gasteiger partial charge in [0.05, 0.1) is 0 Å². The molecule has 0 saturated heterocycles. The van der Waals surface area contributed by atoms with Crippen molar-refractivity contribution >= 4 is 11.8 Å². The first-order valence-electron chi connectivity index (χ1n) is 7.10. The second-order valence-corrected chi connectivity index (χ2v) is 5.47. The number of esters is 1. The van der Waals surface area contributed by atoms with Crippen molar-refractivity contribution in [2.24, 2.45) is 0 Å². The quantitative estimate of drug-likeness (QED) is 0.679. The first-order chi connectivity index (χ1) is 10.1. The van der Waals surface area contributed by atoms with E-state index in [0.717, 1.165) is 11.4 Å². The number of rotatable bonds is 5. The topological polar surface area (TPSA) is 64.1 Å². The summed E-state index contributed by atoms with van der Waals surface area (Å²) >= 11 is 0. The lowest BCUT2D eigenvalue weighted by atomic mass is 10.1. The van der Waals surface area contributed by atoms with Gasteiger partial charge in [-0.15, -0.1) is 0 Å². The number of ether oxygens (including phenoxy) is 1. The van der Waals surface area contributed by atoms with Crippen LogP contribution >= 0.6 is 0 Å². The van der Waals surface area contributed by atoms with E-state index in [2.05, 4.69) is 9.55 Å². The van der Waals surface area contributed by atoms with E-state index in [-0.39, 0.29) is 12.4 Å². The van der Waals surface area contributed by atoms with Crippen LogP contribution in [-0.4, -0.2) is 27.9 Å². The van der Waals surface area contributed by atoms with Gasteiger partial charge in [-0.1, -0.05) is 0 Å². The van der Waals surface area contributed by atoms with Crippen molar-refractivity contribution in [3.8, 4) is 0 Å². The minimum atomic E-state index is -0.510. The maximum atomic E-state index is 12.2. The lowest BCUT2D eigenvalue weighted by Gasteiger charge is -2.07. The third kappa shape index (κ3) is 2.63. The number of hydrogen-bond donors (Lipinski definition) is 1. The third-order valence-corrected chi connectivity index (χ3v) is 3.85. The van der Waals surface area contributed by atoms with Gasteiger partial charge in [-0.2, -0.15) is 0 Å². The van der Waals surface area contributed by atoms with Gasteiger partial charge >= 0.3 is 5.97 Å². The zero-order valence-corrected chi connectivity index (χ0v) is 12.2. The molecule has 0 spiro atoms. The number of hydrogen-bond acceptors (Lipinski definition) is 3. The molecule has 0 atom stereocenters. The molecule has 1 saturated carbocycles. The van der Waals surface area contributed by atoms with Crippen molar-refractivity contribution in [1.29, 1.82) is 0 Å². The molecule has 1 aliphatic carbocycles. The lowest BCUT2D eigenvalue weighted by molar-refractivity contribution is 0.0469. The van der Waals surface area contributed by atoms with Crippen LogP contribution in [0.25, 0.3) is 0 Å². The second kappa shape index (κ2) is 5.24. The Hall–Kier alpha value is -2.30. The molecular weight excluding hydrogens is 268 g/mol.